The van der Waals surface area contributed by atoms with E-state index in [4.69, 9.17) is 0 Å². The summed E-state index contributed by atoms with van der Waals surface area (Å²) in [4.78, 5) is 0. The molecule has 0 aliphatic carbocycles. The van der Waals surface area contributed by atoms with Crippen molar-refractivity contribution in [2.75, 3.05) is 0 Å². The van der Waals surface area contributed by atoms with Crippen LogP contribution in [-0.2, 0) is 35.7 Å². The predicted octanol–water partition coefficient (Wildman–Crippen LogP) is 0.973. The van der Waals surface area contributed by atoms with Gasteiger partial charge < -0.3 is 9.47 Å². The van der Waals surface area contributed by atoms with Gasteiger partial charge in [-0.15, -0.1) is 0 Å². The van der Waals surface area contributed by atoms with Gasteiger partial charge in [0.2, 0.25) is 0 Å². The first-order valence-electron chi connectivity index (χ1n) is 1.61. The van der Waals surface area contributed by atoms with Gasteiger partial charge in [0.1, 0.15) is 25.0 Å². The second-order valence-corrected chi connectivity index (χ2v) is 0.816. The molecule has 1 heterocycles. The Kier molecular flexibility index (Phi) is 4.11. The molecule has 0 spiro atoms. The molecule has 0 N–H and O–H groups in total. The molecular weight excluding hydrogens is 171 g/mol. The smallest absolute Gasteiger partial charge is 0.125 e. The molecule has 0 bridgehead atoms. The maximum atomic E-state index is 4.58. The van der Waals surface area contributed by atoms with Gasteiger partial charge in [-0.25, -0.2) is 0 Å². The molecule has 0 aromatic rings. The maximum Gasteiger partial charge on any atom is 0.125 e. The molecule has 0 radical (unpaired) electrons. The van der Waals surface area contributed by atoms with Crippen molar-refractivity contribution in [3.8, 4) is 0 Å². The molecular formula is C4H4O2Zr. The average Bonchev–Trinajstić information content (AvgIpc) is 1.72. The van der Waals surface area contributed by atoms with Crippen molar-refractivity contribution in [2.24, 2.45) is 0 Å². The molecule has 3 heteroatoms. The third-order valence-electron chi connectivity index (χ3n) is 0.425. The summed E-state index contributed by atoms with van der Waals surface area (Å²) in [5.41, 5.74) is 0. The van der Waals surface area contributed by atoms with Crippen LogP contribution >= 0.6 is 0 Å². The van der Waals surface area contributed by atoms with Crippen LogP contribution in [0.15, 0.2) is 25.0 Å². The van der Waals surface area contributed by atoms with Gasteiger partial charge in [-0.3, -0.25) is 0 Å². The van der Waals surface area contributed by atoms with E-state index < -0.39 is 0 Å². The molecule has 2 nitrogen and oxygen atoms in total. The van der Waals surface area contributed by atoms with E-state index in [2.05, 4.69) is 9.47 Å². The Balaban J connectivity index is 0.000000360. The standard InChI is InChI=1S/C4H4O2.Zr/c1-2-6-4-3-5-1;/h1-4H;. The van der Waals surface area contributed by atoms with E-state index in [1.165, 1.54) is 25.0 Å². The molecule has 7 heavy (non-hydrogen) atoms. The second-order valence-electron chi connectivity index (χ2n) is 0.816. The molecule has 0 aromatic heterocycles. The predicted molar refractivity (Wildman–Crippen MR) is 20.4 cm³/mol. The molecule has 1 aliphatic rings. The van der Waals surface area contributed by atoms with E-state index in [0.29, 0.717) is 0 Å². The molecule has 0 saturated carbocycles. The quantitative estimate of drug-likeness (QED) is 0.546. The minimum Gasteiger partial charge on any atom is -0.466 e. The Morgan fingerprint density at radius 2 is 1.00 bits per heavy atom. The Bertz CT molecular complexity index is 67.7. The van der Waals surface area contributed by atoms with Crippen molar-refractivity contribution < 1.29 is 35.7 Å². The first-order valence-corrected chi connectivity index (χ1v) is 1.61. The van der Waals surface area contributed by atoms with Crippen LogP contribution in [0.1, 0.15) is 0 Å². The molecule has 0 saturated heterocycles. The zero-order valence-electron chi connectivity index (χ0n) is 3.63. The van der Waals surface area contributed by atoms with Crippen LogP contribution in [0.5, 0.6) is 0 Å². The third-order valence-corrected chi connectivity index (χ3v) is 0.425. The number of ether oxygens (including phenoxy) is 2. The van der Waals surface area contributed by atoms with Gasteiger partial charge >= 0.3 is 0 Å². The Hall–Kier alpha value is -0.0369. The van der Waals surface area contributed by atoms with Crippen LogP contribution in [0.2, 0.25) is 0 Å². The normalized spacial score (nSPS) is 13.7. The average molecular weight is 175 g/mol. The molecule has 0 amide bonds. The summed E-state index contributed by atoms with van der Waals surface area (Å²) in [6.07, 6.45) is 5.83. The van der Waals surface area contributed by atoms with Gasteiger partial charge in [-0.1, -0.05) is 0 Å². The molecule has 0 fully saturated rings. The largest absolute Gasteiger partial charge is 0.466 e. The molecule has 0 aromatic carbocycles. The second kappa shape index (κ2) is 4.13. The van der Waals surface area contributed by atoms with Gasteiger partial charge in [0.25, 0.3) is 0 Å². The van der Waals surface area contributed by atoms with E-state index in [-0.39, 0.29) is 26.2 Å². The molecule has 0 atom stereocenters. The summed E-state index contributed by atoms with van der Waals surface area (Å²) < 4.78 is 9.17. The third kappa shape index (κ3) is 2.63. The first-order chi connectivity index (χ1) is 3.00. The summed E-state index contributed by atoms with van der Waals surface area (Å²) >= 11 is 0. The summed E-state index contributed by atoms with van der Waals surface area (Å²) in [7, 11) is 0. The van der Waals surface area contributed by atoms with Gasteiger partial charge in [-0.2, -0.15) is 0 Å². The van der Waals surface area contributed by atoms with Crippen LogP contribution in [0.25, 0.3) is 0 Å². The minimum absolute atomic E-state index is 0. The van der Waals surface area contributed by atoms with Crippen LogP contribution in [0.4, 0.5) is 0 Å². The molecule has 1 rings (SSSR count). The van der Waals surface area contributed by atoms with Gasteiger partial charge in [0.05, 0.1) is 0 Å². The maximum absolute atomic E-state index is 4.58. The van der Waals surface area contributed by atoms with Crippen LogP contribution in [-0.4, -0.2) is 0 Å². The van der Waals surface area contributed by atoms with Crippen molar-refractivity contribution in [3.63, 3.8) is 0 Å². The van der Waals surface area contributed by atoms with Crippen molar-refractivity contribution in [2.45, 2.75) is 0 Å². The number of hydrogen-bond donors (Lipinski definition) is 0. The topological polar surface area (TPSA) is 18.5 Å². The number of rotatable bonds is 0. The van der Waals surface area contributed by atoms with Crippen LogP contribution < -0.4 is 0 Å². The van der Waals surface area contributed by atoms with E-state index >= 15 is 0 Å². The summed E-state index contributed by atoms with van der Waals surface area (Å²) in [6.45, 7) is 0. The minimum atomic E-state index is 0. The zero-order valence-corrected chi connectivity index (χ0v) is 6.08. The summed E-state index contributed by atoms with van der Waals surface area (Å²) in [6, 6.07) is 0. The van der Waals surface area contributed by atoms with E-state index in [1.54, 1.807) is 0 Å². The van der Waals surface area contributed by atoms with Crippen LogP contribution in [0.3, 0.4) is 0 Å². The SMILES string of the molecule is C1=COC=CO1.[Zr]. The van der Waals surface area contributed by atoms with Crippen molar-refractivity contribution in [1.29, 1.82) is 0 Å². The van der Waals surface area contributed by atoms with Crippen molar-refractivity contribution >= 4 is 0 Å². The summed E-state index contributed by atoms with van der Waals surface area (Å²) in [5, 5.41) is 0. The monoisotopic (exact) mass is 174 g/mol. The fourth-order valence-corrected chi connectivity index (χ4v) is 0.219. The number of hydrogen-bond acceptors (Lipinski definition) is 2. The van der Waals surface area contributed by atoms with Crippen molar-refractivity contribution in [3.05, 3.63) is 25.0 Å². The Morgan fingerprint density at radius 1 is 0.714 bits per heavy atom. The molecule has 1 aliphatic heterocycles. The van der Waals surface area contributed by atoms with Crippen molar-refractivity contribution in [1.82, 2.24) is 0 Å². The fraction of sp³-hybridized carbons (Fsp3) is 0. The Morgan fingerprint density at radius 3 is 1.14 bits per heavy atom. The zero-order chi connectivity index (χ0) is 4.24. The fourth-order valence-electron chi connectivity index (χ4n) is 0.219. The van der Waals surface area contributed by atoms with Gasteiger partial charge in [0, 0.05) is 26.2 Å². The van der Waals surface area contributed by atoms with E-state index in [9.17, 15) is 0 Å². The van der Waals surface area contributed by atoms with Crippen LogP contribution in [0, 0.1) is 0 Å². The first kappa shape index (κ1) is 6.96. The molecule has 36 valence electrons. The molecule has 0 unspecified atom stereocenters. The Labute approximate surface area is 60.9 Å². The van der Waals surface area contributed by atoms with E-state index in [0.717, 1.165) is 0 Å². The van der Waals surface area contributed by atoms with Gasteiger partial charge in [-0.05, 0) is 0 Å². The van der Waals surface area contributed by atoms with E-state index in [1.807, 2.05) is 0 Å². The van der Waals surface area contributed by atoms with Gasteiger partial charge in [0.15, 0.2) is 0 Å². The summed E-state index contributed by atoms with van der Waals surface area (Å²) in [5.74, 6) is 0.